The highest BCUT2D eigenvalue weighted by molar-refractivity contribution is 7.98. The Morgan fingerprint density at radius 2 is 1.63 bits per heavy atom. The second-order valence-corrected chi connectivity index (χ2v) is 11.3. The van der Waals surface area contributed by atoms with Crippen molar-refractivity contribution in [2.45, 2.75) is 71.1 Å². The van der Waals surface area contributed by atoms with Crippen LogP contribution < -0.4 is 21.7 Å². The molecule has 0 spiro atoms. The molecule has 11 heteroatoms. The number of carboxylic acid groups (broad SMARTS) is 1. The van der Waals surface area contributed by atoms with Crippen LogP contribution in [-0.4, -0.2) is 70.0 Å². The lowest BCUT2D eigenvalue weighted by molar-refractivity contribution is -0.142. The molecular weight excluding hydrogens is 506 g/mol. The van der Waals surface area contributed by atoms with Crippen molar-refractivity contribution in [1.82, 2.24) is 20.9 Å². The number of carboxylic acids is 1. The van der Waals surface area contributed by atoms with Crippen LogP contribution in [0.1, 0.15) is 46.1 Å². The van der Waals surface area contributed by atoms with Gasteiger partial charge in [0.1, 0.15) is 18.1 Å². The van der Waals surface area contributed by atoms with Gasteiger partial charge in [-0.2, -0.15) is 11.8 Å². The van der Waals surface area contributed by atoms with Gasteiger partial charge in [-0.15, -0.1) is 0 Å². The van der Waals surface area contributed by atoms with E-state index in [2.05, 4.69) is 20.9 Å². The smallest absolute Gasteiger partial charge is 0.326 e. The SMILES string of the molecule is CSCCC(N)C(=O)NC(C(=O)NC(Cc1c[nH]c2ccccc12)C(=O)NC(CC(C)C)C(=O)O)C(C)C. The average Bonchev–Trinajstić information content (AvgIpc) is 3.26. The Morgan fingerprint density at radius 3 is 2.24 bits per heavy atom. The molecule has 0 bridgehead atoms. The van der Waals surface area contributed by atoms with Crippen molar-refractivity contribution in [2.75, 3.05) is 12.0 Å². The predicted molar refractivity (Wildman–Crippen MR) is 151 cm³/mol. The summed E-state index contributed by atoms with van der Waals surface area (Å²) in [6, 6.07) is 3.73. The molecule has 0 radical (unpaired) electrons. The molecule has 38 heavy (non-hydrogen) atoms. The van der Waals surface area contributed by atoms with E-state index in [1.54, 1.807) is 31.8 Å². The van der Waals surface area contributed by atoms with Crippen molar-refractivity contribution in [3.8, 4) is 0 Å². The number of aromatic nitrogens is 1. The van der Waals surface area contributed by atoms with Gasteiger partial charge >= 0.3 is 5.97 Å². The minimum absolute atomic E-state index is 0.0360. The molecule has 1 heterocycles. The molecule has 0 saturated heterocycles. The van der Waals surface area contributed by atoms with E-state index in [0.717, 1.165) is 16.5 Å². The number of nitrogens with two attached hydrogens (primary N) is 1. The molecule has 0 fully saturated rings. The van der Waals surface area contributed by atoms with Gasteiger partial charge in [-0.05, 0) is 48.3 Å². The van der Waals surface area contributed by atoms with E-state index in [-0.39, 0.29) is 24.7 Å². The number of aliphatic carboxylic acids is 1. The van der Waals surface area contributed by atoms with E-state index >= 15 is 0 Å². The quantitative estimate of drug-likeness (QED) is 0.198. The van der Waals surface area contributed by atoms with Crippen molar-refractivity contribution >= 4 is 46.4 Å². The lowest BCUT2D eigenvalue weighted by Gasteiger charge is -2.27. The zero-order valence-electron chi connectivity index (χ0n) is 22.7. The lowest BCUT2D eigenvalue weighted by atomic mass is 9.99. The van der Waals surface area contributed by atoms with Crippen molar-refractivity contribution in [3.05, 3.63) is 36.0 Å². The van der Waals surface area contributed by atoms with Crippen LogP contribution in [0.3, 0.4) is 0 Å². The summed E-state index contributed by atoms with van der Waals surface area (Å²) in [5.74, 6) is -2.26. The first kappa shape index (κ1) is 31.2. The van der Waals surface area contributed by atoms with E-state index in [0.29, 0.717) is 12.2 Å². The number of carbonyl (C=O) groups excluding carboxylic acids is 3. The van der Waals surface area contributed by atoms with Crippen molar-refractivity contribution in [1.29, 1.82) is 0 Å². The number of H-pyrrole nitrogens is 1. The number of benzene rings is 1. The summed E-state index contributed by atoms with van der Waals surface area (Å²) in [6.45, 7) is 7.31. The molecule has 4 atom stereocenters. The molecule has 2 aromatic rings. The molecular formula is C27H41N5O5S. The third-order valence-electron chi connectivity index (χ3n) is 6.27. The maximum atomic E-state index is 13.4. The molecule has 210 valence electrons. The number of hydrogen-bond acceptors (Lipinski definition) is 6. The van der Waals surface area contributed by atoms with Gasteiger partial charge in [0.05, 0.1) is 6.04 Å². The zero-order chi connectivity index (χ0) is 28.4. The number of carbonyl (C=O) groups is 4. The van der Waals surface area contributed by atoms with Crippen LogP contribution >= 0.6 is 11.8 Å². The van der Waals surface area contributed by atoms with Crippen molar-refractivity contribution in [3.63, 3.8) is 0 Å². The summed E-state index contributed by atoms with van der Waals surface area (Å²) in [5.41, 5.74) is 7.66. The summed E-state index contributed by atoms with van der Waals surface area (Å²) < 4.78 is 0. The lowest BCUT2D eigenvalue weighted by Crippen LogP contribution is -2.59. The van der Waals surface area contributed by atoms with Gasteiger partial charge in [-0.1, -0.05) is 45.9 Å². The molecule has 3 amide bonds. The van der Waals surface area contributed by atoms with Crippen LogP contribution in [0.15, 0.2) is 30.5 Å². The van der Waals surface area contributed by atoms with Crippen LogP contribution in [0.4, 0.5) is 0 Å². The second-order valence-electron chi connectivity index (χ2n) is 10.3. The standard InChI is InChI=1S/C27H41N5O5S/c1-15(2)12-22(27(36)37)31-25(34)21(13-17-14-29-20-9-7-6-8-18(17)20)30-26(35)23(16(3)4)32-24(33)19(28)10-11-38-5/h6-9,14-16,19,21-23,29H,10-13,28H2,1-5H3,(H,30,35)(H,31,34)(H,32,33)(H,36,37). The Hall–Kier alpha value is -3.05. The second kappa shape index (κ2) is 14.8. The van der Waals surface area contributed by atoms with Gasteiger partial charge in [-0.25, -0.2) is 4.79 Å². The molecule has 10 nitrogen and oxygen atoms in total. The summed E-state index contributed by atoms with van der Waals surface area (Å²) >= 11 is 1.57. The minimum Gasteiger partial charge on any atom is -0.480 e. The topological polar surface area (TPSA) is 166 Å². The van der Waals surface area contributed by atoms with Gasteiger partial charge in [0.25, 0.3) is 0 Å². The summed E-state index contributed by atoms with van der Waals surface area (Å²) in [6.07, 6.45) is 4.53. The first-order valence-corrected chi connectivity index (χ1v) is 14.3. The molecule has 0 aliphatic rings. The highest BCUT2D eigenvalue weighted by atomic mass is 32.2. The molecule has 2 rings (SSSR count). The Kier molecular flexibility index (Phi) is 12.1. The third kappa shape index (κ3) is 9.05. The fourth-order valence-corrected chi connectivity index (χ4v) is 4.62. The van der Waals surface area contributed by atoms with Gasteiger partial charge in [0.2, 0.25) is 17.7 Å². The minimum atomic E-state index is -1.14. The predicted octanol–water partition coefficient (Wildman–Crippen LogP) is 2.03. The van der Waals surface area contributed by atoms with Gasteiger partial charge in [0, 0.05) is 23.5 Å². The number of nitrogens with one attached hydrogen (secondary N) is 4. The summed E-state index contributed by atoms with van der Waals surface area (Å²) in [4.78, 5) is 54.3. The molecule has 1 aromatic carbocycles. The fraction of sp³-hybridized carbons (Fsp3) is 0.556. The van der Waals surface area contributed by atoms with E-state index in [1.165, 1.54) is 0 Å². The highest BCUT2D eigenvalue weighted by Crippen LogP contribution is 2.20. The monoisotopic (exact) mass is 547 g/mol. The number of hydrogen-bond donors (Lipinski definition) is 6. The molecule has 0 aliphatic carbocycles. The van der Waals surface area contributed by atoms with Gasteiger partial charge < -0.3 is 31.8 Å². The van der Waals surface area contributed by atoms with Crippen LogP contribution in [-0.2, 0) is 25.6 Å². The number of amides is 3. The number of aromatic amines is 1. The van der Waals surface area contributed by atoms with E-state index in [9.17, 15) is 24.3 Å². The Morgan fingerprint density at radius 1 is 0.974 bits per heavy atom. The van der Waals surface area contributed by atoms with E-state index in [1.807, 2.05) is 44.4 Å². The van der Waals surface area contributed by atoms with E-state index in [4.69, 9.17) is 5.73 Å². The average molecular weight is 548 g/mol. The molecule has 0 saturated carbocycles. The largest absolute Gasteiger partial charge is 0.480 e. The Labute approximate surface area is 228 Å². The summed E-state index contributed by atoms with van der Waals surface area (Å²) in [7, 11) is 0. The maximum Gasteiger partial charge on any atom is 0.326 e. The molecule has 0 aliphatic heterocycles. The number of thioether (sulfide) groups is 1. The Bertz CT molecular complexity index is 1100. The summed E-state index contributed by atoms with van der Waals surface area (Å²) in [5, 5.41) is 18.6. The zero-order valence-corrected chi connectivity index (χ0v) is 23.6. The van der Waals surface area contributed by atoms with Crippen molar-refractivity contribution in [2.24, 2.45) is 17.6 Å². The normalized spacial score (nSPS) is 14.6. The van der Waals surface area contributed by atoms with E-state index < -0.39 is 47.9 Å². The van der Waals surface area contributed by atoms with Crippen LogP contribution in [0, 0.1) is 11.8 Å². The van der Waals surface area contributed by atoms with Crippen LogP contribution in [0.5, 0.6) is 0 Å². The molecule has 1 aromatic heterocycles. The maximum absolute atomic E-state index is 13.4. The molecule has 4 unspecified atom stereocenters. The van der Waals surface area contributed by atoms with Crippen molar-refractivity contribution < 1.29 is 24.3 Å². The third-order valence-corrected chi connectivity index (χ3v) is 6.91. The first-order chi connectivity index (χ1) is 17.9. The van der Waals surface area contributed by atoms with Crippen LogP contribution in [0.2, 0.25) is 0 Å². The fourth-order valence-electron chi connectivity index (χ4n) is 4.13. The molecule has 7 N–H and O–H groups in total. The number of para-hydroxylation sites is 1. The number of rotatable bonds is 15. The highest BCUT2D eigenvalue weighted by Gasteiger charge is 2.32. The number of fused-ring (bicyclic) bond motifs is 1. The Balaban J connectivity index is 2.29. The van der Waals surface area contributed by atoms with Crippen LogP contribution in [0.25, 0.3) is 10.9 Å². The first-order valence-electron chi connectivity index (χ1n) is 12.9. The van der Waals surface area contributed by atoms with Gasteiger partial charge in [0.15, 0.2) is 0 Å². The van der Waals surface area contributed by atoms with Gasteiger partial charge in [-0.3, -0.25) is 14.4 Å².